The summed E-state index contributed by atoms with van der Waals surface area (Å²) >= 11 is 6.09. The van der Waals surface area contributed by atoms with Crippen LogP contribution in [0.3, 0.4) is 0 Å². The van der Waals surface area contributed by atoms with E-state index in [1.165, 1.54) is 12.3 Å². The number of anilines is 1. The number of nitrogens with two attached hydrogens (primary N) is 1. The Hall–Kier alpha value is -1.40. The van der Waals surface area contributed by atoms with Gasteiger partial charge in [0.05, 0.1) is 9.95 Å². The minimum atomic E-state index is -0.496. The Labute approximate surface area is 116 Å². The highest BCUT2D eigenvalue weighted by atomic mass is 35.5. The molecule has 0 radical (unpaired) electrons. The zero-order chi connectivity index (χ0) is 14.0. The van der Waals surface area contributed by atoms with Crippen LogP contribution in [0.25, 0.3) is 0 Å². The first-order valence-electron chi connectivity index (χ1n) is 6.33. The number of nitrogens with zero attached hydrogens (tertiary/aromatic N) is 3. The maximum atomic E-state index is 10.7. The molecule has 2 rings (SSSR count). The summed E-state index contributed by atoms with van der Waals surface area (Å²) in [4.78, 5) is 16.4. The zero-order valence-corrected chi connectivity index (χ0v) is 11.5. The summed E-state index contributed by atoms with van der Waals surface area (Å²) in [6.45, 7) is 3.68. The van der Waals surface area contributed by atoms with Gasteiger partial charge in [-0.2, -0.15) is 0 Å². The summed E-state index contributed by atoms with van der Waals surface area (Å²) in [5.74, 6) is 1.01. The highest BCUT2D eigenvalue weighted by molar-refractivity contribution is 6.33. The van der Waals surface area contributed by atoms with E-state index in [2.05, 4.69) is 16.8 Å². The Morgan fingerprint density at radius 3 is 3.00 bits per heavy atom. The fourth-order valence-electron chi connectivity index (χ4n) is 2.43. The van der Waals surface area contributed by atoms with Gasteiger partial charge >= 0.3 is 0 Å². The van der Waals surface area contributed by atoms with Gasteiger partial charge in [0.25, 0.3) is 5.69 Å². The molecule has 1 fully saturated rings. The van der Waals surface area contributed by atoms with Gasteiger partial charge in [-0.1, -0.05) is 24.9 Å². The second-order valence-electron chi connectivity index (χ2n) is 4.82. The van der Waals surface area contributed by atoms with Crippen LogP contribution >= 0.6 is 11.6 Å². The maximum absolute atomic E-state index is 10.7. The fourth-order valence-corrected chi connectivity index (χ4v) is 2.71. The molecule has 1 saturated heterocycles. The van der Waals surface area contributed by atoms with E-state index in [-0.39, 0.29) is 11.7 Å². The summed E-state index contributed by atoms with van der Waals surface area (Å²) in [7, 11) is 0. The maximum Gasteiger partial charge on any atom is 0.289 e. The Kier molecular flexibility index (Phi) is 4.21. The number of pyridine rings is 1. The molecule has 0 amide bonds. The SMILES string of the molecule is CCC1CN(c2ncc([N+](=O)[O-])cc2Cl)CCC1N. The number of piperidine rings is 1. The van der Waals surface area contributed by atoms with Crippen molar-refractivity contribution in [1.82, 2.24) is 4.98 Å². The molecule has 2 heterocycles. The number of nitro groups is 1. The van der Waals surface area contributed by atoms with Crippen LogP contribution in [-0.2, 0) is 0 Å². The van der Waals surface area contributed by atoms with Crippen LogP contribution in [0.15, 0.2) is 12.3 Å². The number of hydrogen-bond donors (Lipinski definition) is 1. The summed E-state index contributed by atoms with van der Waals surface area (Å²) < 4.78 is 0. The van der Waals surface area contributed by atoms with Crippen LogP contribution < -0.4 is 10.6 Å². The molecule has 1 aromatic rings. The van der Waals surface area contributed by atoms with Crippen molar-refractivity contribution in [1.29, 1.82) is 0 Å². The molecule has 0 bridgehead atoms. The van der Waals surface area contributed by atoms with E-state index in [1.54, 1.807) is 0 Å². The van der Waals surface area contributed by atoms with Crippen molar-refractivity contribution >= 4 is 23.1 Å². The van der Waals surface area contributed by atoms with Gasteiger partial charge in [-0.15, -0.1) is 0 Å². The lowest BCUT2D eigenvalue weighted by atomic mass is 9.91. The molecule has 0 aromatic carbocycles. The summed E-state index contributed by atoms with van der Waals surface area (Å²) in [5, 5.41) is 11.0. The van der Waals surface area contributed by atoms with Crippen LogP contribution in [0.1, 0.15) is 19.8 Å². The first-order valence-corrected chi connectivity index (χ1v) is 6.71. The average Bonchev–Trinajstić information content (AvgIpc) is 2.39. The van der Waals surface area contributed by atoms with E-state index in [0.29, 0.717) is 16.8 Å². The van der Waals surface area contributed by atoms with E-state index in [4.69, 9.17) is 17.3 Å². The Morgan fingerprint density at radius 1 is 1.68 bits per heavy atom. The molecule has 1 aliphatic rings. The summed E-state index contributed by atoms with van der Waals surface area (Å²) in [5.41, 5.74) is 5.97. The topological polar surface area (TPSA) is 85.3 Å². The van der Waals surface area contributed by atoms with Gasteiger partial charge in [0.2, 0.25) is 0 Å². The third-order valence-electron chi connectivity index (χ3n) is 3.63. The van der Waals surface area contributed by atoms with Crippen molar-refractivity contribution in [2.24, 2.45) is 11.7 Å². The van der Waals surface area contributed by atoms with Crippen LogP contribution in [0.5, 0.6) is 0 Å². The Bertz CT molecular complexity index is 483. The zero-order valence-electron chi connectivity index (χ0n) is 10.8. The van der Waals surface area contributed by atoms with Crippen molar-refractivity contribution in [2.75, 3.05) is 18.0 Å². The predicted molar refractivity (Wildman–Crippen MR) is 74.5 cm³/mol. The van der Waals surface area contributed by atoms with Crippen molar-refractivity contribution in [2.45, 2.75) is 25.8 Å². The van der Waals surface area contributed by atoms with Gasteiger partial charge in [0.1, 0.15) is 12.0 Å². The van der Waals surface area contributed by atoms with Gasteiger partial charge < -0.3 is 10.6 Å². The molecule has 1 aliphatic heterocycles. The van der Waals surface area contributed by atoms with Gasteiger partial charge in [0.15, 0.2) is 0 Å². The summed E-state index contributed by atoms with van der Waals surface area (Å²) in [6.07, 6.45) is 3.13. The molecule has 0 aliphatic carbocycles. The van der Waals surface area contributed by atoms with E-state index in [0.717, 1.165) is 25.9 Å². The number of hydrogen-bond acceptors (Lipinski definition) is 5. The smallest absolute Gasteiger partial charge is 0.289 e. The van der Waals surface area contributed by atoms with E-state index in [9.17, 15) is 10.1 Å². The normalized spacial score (nSPS) is 23.4. The number of halogens is 1. The van der Waals surface area contributed by atoms with Crippen molar-refractivity contribution in [3.05, 3.63) is 27.4 Å². The lowest BCUT2D eigenvalue weighted by Crippen LogP contribution is -2.47. The molecule has 6 nitrogen and oxygen atoms in total. The van der Waals surface area contributed by atoms with Crippen LogP contribution in [-0.4, -0.2) is 29.0 Å². The average molecular weight is 285 g/mol. The predicted octanol–water partition coefficient (Wildman–Crippen LogP) is 2.21. The van der Waals surface area contributed by atoms with E-state index >= 15 is 0 Å². The highest BCUT2D eigenvalue weighted by Gasteiger charge is 2.27. The lowest BCUT2D eigenvalue weighted by molar-refractivity contribution is -0.385. The highest BCUT2D eigenvalue weighted by Crippen LogP contribution is 2.30. The first-order chi connectivity index (χ1) is 9.02. The molecule has 0 spiro atoms. The van der Waals surface area contributed by atoms with Crippen LogP contribution in [0.2, 0.25) is 5.02 Å². The molecule has 2 unspecified atom stereocenters. The minimum absolute atomic E-state index is 0.0884. The molecule has 104 valence electrons. The summed E-state index contributed by atoms with van der Waals surface area (Å²) in [6, 6.07) is 1.55. The monoisotopic (exact) mass is 284 g/mol. The Balaban J connectivity index is 2.20. The van der Waals surface area contributed by atoms with Gasteiger partial charge in [-0.05, 0) is 12.3 Å². The molecular formula is C12H17ClN4O2. The third-order valence-corrected chi connectivity index (χ3v) is 3.91. The second kappa shape index (κ2) is 5.71. The second-order valence-corrected chi connectivity index (χ2v) is 5.23. The molecule has 7 heteroatoms. The van der Waals surface area contributed by atoms with Crippen LogP contribution in [0, 0.1) is 16.0 Å². The van der Waals surface area contributed by atoms with E-state index < -0.39 is 4.92 Å². The standard InChI is InChI=1S/C12H17ClN4O2/c1-2-8-7-16(4-3-11(8)14)12-10(13)5-9(6-15-12)17(18)19/h5-6,8,11H,2-4,7,14H2,1H3. The minimum Gasteiger partial charge on any atom is -0.355 e. The fraction of sp³-hybridized carbons (Fsp3) is 0.583. The van der Waals surface area contributed by atoms with E-state index in [1.807, 2.05) is 0 Å². The Morgan fingerprint density at radius 2 is 2.42 bits per heavy atom. The first kappa shape index (κ1) is 14.0. The molecule has 0 saturated carbocycles. The molecule has 1 aromatic heterocycles. The van der Waals surface area contributed by atoms with Gasteiger partial charge in [-0.25, -0.2) is 4.98 Å². The van der Waals surface area contributed by atoms with Gasteiger partial charge in [0, 0.05) is 25.2 Å². The largest absolute Gasteiger partial charge is 0.355 e. The quantitative estimate of drug-likeness (QED) is 0.679. The molecule has 19 heavy (non-hydrogen) atoms. The molecule has 2 N–H and O–H groups in total. The molecule has 2 atom stereocenters. The van der Waals surface area contributed by atoms with Crippen molar-refractivity contribution in [3.63, 3.8) is 0 Å². The number of aromatic nitrogens is 1. The van der Waals surface area contributed by atoms with Gasteiger partial charge in [-0.3, -0.25) is 10.1 Å². The number of rotatable bonds is 3. The lowest BCUT2D eigenvalue weighted by Gasteiger charge is -2.37. The van der Waals surface area contributed by atoms with Crippen molar-refractivity contribution < 1.29 is 4.92 Å². The van der Waals surface area contributed by atoms with Crippen LogP contribution in [0.4, 0.5) is 11.5 Å². The van der Waals surface area contributed by atoms with Crippen molar-refractivity contribution in [3.8, 4) is 0 Å². The molecular weight excluding hydrogens is 268 g/mol. The third kappa shape index (κ3) is 2.96.